The maximum atomic E-state index is 15.7. The first-order valence-corrected chi connectivity index (χ1v) is 11.5. The van der Waals surface area contributed by atoms with Gasteiger partial charge in [-0.25, -0.2) is 19.2 Å². The Balaban J connectivity index is 8.04. The molecular weight excluding hydrogens is 606 g/mol. The van der Waals surface area contributed by atoms with Crippen LogP contribution in [0.5, 0.6) is 0 Å². The first kappa shape index (κ1) is 39.3. The van der Waals surface area contributed by atoms with Crippen LogP contribution in [0.4, 0.5) is 26.3 Å². The van der Waals surface area contributed by atoms with Gasteiger partial charge in [-0.2, -0.15) is 26.3 Å². The number of hydrogen-bond acceptors (Lipinski definition) is 12. The van der Waals surface area contributed by atoms with E-state index < -0.39 is 101 Å². The predicted molar refractivity (Wildman–Crippen MR) is 130 cm³/mol. The Bertz CT molecular complexity index is 1150. The van der Waals surface area contributed by atoms with E-state index in [1.807, 2.05) is 0 Å². The number of hydrogen-bond donors (Lipinski definition) is 4. The van der Waals surface area contributed by atoms with Crippen molar-refractivity contribution in [3.63, 3.8) is 0 Å². The molecule has 0 aromatic carbocycles. The van der Waals surface area contributed by atoms with E-state index in [4.69, 9.17) is 5.11 Å². The minimum atomic E-state index is -6.86. The summed E-state index contributed by atoms with van der Waals surface area (Å²) in [5.41, 5.74) is -3.40. The summed E-state index contributed by atoms with van der Waals surface area (Å²) in [7, 11) is 0. The Kier molecular flexibility index (Phi) is 12.5. The highest BCUT2D eigenvalue weighted by Gasteiger charge is 2.83. The van der Waals surface area contributed by atoms with Gasteiger partial charge in [-0.1, -0.05) is 26.3 Å². The highest BCUT2D eigenvalue weighted by molar-refractivity contribution is 5.90. The van der Waals surface area contributed by atoms with Gasteiger partial charge < -0.3 is 39.4 Å². The van der Waals surface area contributed by atoms with Gasteiger partial charge in [0.1, 0.15) is 0 Å². The van der Waals surface area contributed by atoms with Gasteiger partial charge in [0.15, 0.2) is 0 Å². The number of esters is 4. The molecule has 0 amide bonds. The third-order valence-corrected chi connectivity index (χ3v) is 5.05. The van der Waals surface area contributed by atoms with E-state index in [9.17, 15) is 43.3 Å². The van der Waals surface area contributed by atoms with E-state index >= 15 is 17.6 Å². The fourth-order valence-electron chi connectivity index (χ4n) is 2.61. The summed E-state index contributed by atoms with van der Waals surface area (Å²) in [4.78, 5) is 49.3. The zero-order valence-corrected chi connectivity index (χ0v) is 23.2. The lowest BCUT2D eigenvalue weighted by molar-refractivity contribution is -0.479. The topological polar surface area (TPSA) is 186 Å². The molecule has 0 saturated heterocycles. The van der Waals surface area contributed by atoms with Crippen molar-refractivity contribution in [1.29, 1.82) is 0 Å². The summed E-state index contributed by atoms with van der Waals surface area (Å²) in [6.07, 6.45) is -10.1. The van der Waals surface area contributed by atoms with Gasteiger partial charge >= 0.3 is 53.4 Å². The molecule has 0 heterocycles. The van der Waals surface area contributed by atoms with Gasteiger partial charge in [-0.3, -0.25) is 0 Å². The molecule has 0 aromatic heterocycles. The van der Waals surface area contributed by atoms with Crippen molar-refractivity contribution in [2.45, 2.75) is 75.9 Å². The van der Waals surface area contributed by atoms with E-state index in [0.717, 1.165) is 20.8 Å². The minimum absolute atomic E-state index is 0.704. The molecule has 0 rings (SSSR count). The maximum Gasteiger partial charge on any atom is 0.448 e. The van der Waals surface area contributed by atoms with Crippen LogP contribution in [0.2, 0.25) is 0 Å². The molecule has 0 radical (unpaired) electrons. The molecule has 4 N–H and O–H groups in total. The molecular formula is C25H30F6O12. The van der Waals surface area contributed by atoms with Crippen molar-refractivity contribution >= 4 is 23.9 Å². The molecule has 0 aliphatic rings. The number of alkyl halides is 6. The van der Waals surface area contributed by atoms with E-state index in [2.05, 4.69) is 45.3 Å². The van der Waals surface area contributed by atoms with Gasteiger partial charge in [-0.05, 0) is 27.7 Å². The molecule has 0 aliphatic heterocycles. The van der Waals surface area contributed by atoms with Gasteiger partial charge in [0, 0.05) is 28.7 Å². The molecule has 3 atom stereocenters. The van der Waals surface area contributed by atoms with Gasteiger partial charge in [0.25, 0.3) is 0 Å². The molecule has 43 heavy (non-hydrogen) atoms. The Morgan fingerprint density at radius 2 is 1.05 bits per heavy atom. The van der Waals surface area contributed by atoms with Crippen molar-refractivity contribution in [3.8, 4) is 0 Å². The number of rotatable bonds is 16. The summed E-state index contributed by atoms with van der Waals surface area (Å²) in [5.74, 6) is -38.1. The van der Waals surface area contributed by atoms with Crippen LogP contribution in [0.3, 0.4) is 0 Å². The number of carbonyl (C=O) groups excluding carboxylic acids is 4. The van der Waals surface area contributed by atoms with Crippen molar-refractivity contribution in [1.82, 2.24) is 0 Å². The largest absolute Gasteiger partial charge is 0.448 e. The zero-order chi connectivity index (χ0) is 34.5. The van der Waals surface area contributed by atoms with Crippen LogP contribution in [0.15, 0.2) is 48.6 Å². The maximum absolute atomic E-state index is 15.7. The minimum Gasteiger partial charge on any atom is -0.445 e. The van der Waals surface area contributed by atoms with Crippen LogP contribution in [0.25, 0.3) is 0 Å². The Hall–Kier alpha value is -3.74. The average Bonchev–Trinajstić information content (AvgIpc) is 2.85. The standard InChI is InChI=1S/C25H30F6O12/c1-11(2)16(34)40-20(22(28,29)24(30,31)21(26,27)9-15(33)10-32)23(38,41-17(35)12(3)4)25(39,42-18(36)13(5)6)43-19(37)14(7)8/h15,20,32-33,38-39H,1,3,5,7,9-10H2,2,4,6,8H3. The molecule has 0 aliphatic carbocycles. The van der Waals surface area contributed by atoms with Gasteiger partial charge in [0.2, 0.25) is 6.10 Å². The van der Waals surface area contributed by atoms with Crippen LogP contribution in [0.1, 0.15) is 34.1 Å². The second kappa shape index (κ2) is 13.7. The van der Waals surface area contributed by atoms with Crippen molar-refractivity contribution in [2.75, 3.05) is 6.61 Å². The van der Waals surface area contributed by atoms with Crippen LogP contribution in [0, 0.1) is 0 Å². The highest BCUT2D eigenvalue weighted by atomic mass is 19.3. The van der Waals surface area contributed by atoms with Crippen LogP contribution < -0.4 is 0 Å². The molecule has 18 heteroatoms. The number of aliphatic hydroxyl groups is 4. The molecule has 0 bridgehead atoms. The second-order valence-corrected chi connectivity index (χ2v) is 9.30. The third-order valence-electron chi connectivity index (χ3n) is 5.05. The van der Waals surface area contributed by atoms with Crippen LogP contribution in [-0.2, 0) is 38.1 Å². The predicted octanol–water partition coefficient (Wildman–Crippen LogP) is 1.82. The lowest BCUT2D eigenvalue weighted by Gasteiger charge is -2.46. The van der Waals surface area contributed by atoms with E-state index in [-0.39, 0.29) is 0 Å². The zero-order valence-electron chi connectivity index (χ0n) is 23.2. The normalized spacial score (nSPS) is 15.2. The Morgan fingerprint density at radius 1 is 0.698 bits per heavy atom. The lowest BCUT2D eigenvalue weighted by atomic mass is 9.90. The van der Waals surface area contributed by atoms with Crippen molar-refractivity contribution < 1.29 is 84.9 Å². The summed E-state index contributed by atoms with van der Waals surface area (Å²) < 4.78 is 108. The van der Waals surface area contributed by atoms with Crippen LogP contribution in [-0.4, -0.2) is 92.6 Å². The lowest BCUT2D eigenvalue weighted by Crippen LogP contribution is -2.75. The molecule has 244 valence electrons. The molecule has 0 spiro atoms. The highest BCUT2D eigenvalue weighted by Crippen LogP contribution is 2.53. The molecule has 0 aromatic rings. The number of halogens is 6. The number of carbonyl (C=O) groups is 4. The third kappa shape index (κ3) is 8.43. The van der Waals surface area contributed by atoms with E-state index in [0.29, 0.717) is 6.92 Å². The second-order valence-electron chi connectivity index (χ2n) is 9.30. The number of aliphatic hydroxyl groups excluding tert-OH is 2. The van der Waals surface area contributed by atoms with E-state index in [1.165, 1.54) is 0 Å². The van der Waals surface area contributed by atoms with Crippen molar-refractivity contribution in [3.05, 3.63) is 48.6 Å². The van der Waals surface area contributed by atoms with Crippen molar-refractivity contribution in [2.24, 2.45) is 0 Å². The smallest absolute Gasteiger partial charge is 0.445 e. The fraction of sp³-hybridized carbons (Fsp3) is 0.520. The van der Waals surface area contributed by atoms with Gasteiger partial charge in [0.05, 0.1) is 12.7 Å². The molecule has 0 saturated carbocycles. The first-order chi connectivity index (χ1) is 19.1. The summed E-state index contributed by atoms with van der Waals surface area (Å²) in [5, 5.41) is 40.4. The molecule has 12 nitrogen and oxygen atoms in total. The molecule has 0 fully saturated rings. The number of ether oxygens (including phenoxy) is 4. The monoisotopic (exact) mass is 636 g/mol. The molecule has 3 unspecified atom stereocenters. The summed E-state index contributed by atoms with van der Waals surface area (Å²) in [6, 6.07) is 0. The Morgan fingerprint density at radius 3 is 1.37 bits per heavy atom. The SMILES string of the molecule is C=C(C)C(=O)OC(C(F)(F)C(F)(F)C(F)(F)CC(O)CO)C(O)(OC(=O)C(=C)C)C(O)(OC(=O)C(=C)C)OC(=O)C(=C)C. The van der Waals surface area contributed by atoms with E-state index in [1.54, 1.807) is 0 Å². The quantitative estimate of drug-likeness (QED) is 0.0634. The fourth-order valence-corrected chi connectivity index (χ4v) is 2.61. The Labute approximate surface area is 240 Å². The summed E-state index contributed by atoms with van der Waals surface area (Å²) in [6.45, 7) is 13.5. The first-order valence-electron chi connectivity index (χ1n) is 11.5. The summed E-state index contributed by atoms with van der Waals surface area (Å²) >= 11 is 0. The average molecular weight is 636 g/mol. The van der Waals surface area contributed by atoms with Crippen LogP contribution >= 0.6 is 0 Å². The van der Waals surface area contributed by atoms with Gasteiger partial charge in [-0.15, -0.1) is 0 Å².